The molecular weight excluding hydrogens is 208 g/mol. The highest BCUT2D eigenvalue weighted by Gasteiger charge is 2.22. The van der Waals surface area contributed by atoms with Gasteiger partial charge in [-0.1, -0.05) is 5.10 Å². The smallest absolute Gasteiger partial charge is 0.318 e. The second kappa shape index (κ2) is 4.80. The highest BCUT2D eigenvalue weighted by molar-refractivity contribution is 5.25. The number of rotatable bonds is 3. The quantitative estimate of drug-likeness (QED) is 0.770. The molecule has 1 aromatic heterocycles. The summed E-state index contributed by atoms with van der Waals surface area (Å²) in [5.74, 6) is 0.881. The lowest BCUT2D eigenvalue weighted by molar-refractivity contribution is 0.201. The summed E-state index contributed by atoms with van der Waals surface area (Å²) in [5, 5.41) is 16.9. The molecule has 0 spiro atoms. The molecule has 6 heteroatoms. The van der Waals surface area contributed by atoms with Gasteiger partial charge in [-0.3, -0.25) is 0 Å². The predicted molar refractivity (Wildman–Crippen MR) is 58.9 cm³/mol. The lowest BCUT2D eigenvalue weighted by Crippen LogP contribution is -2.34. The first kappa shape index (κ1) is 11.3. The van der Waals surface area contributed by atoms with E-state index in [1.54, 1.807) is 0 Å². The average molecular weight is 226 g/mol. The third kappa shape index (κ3) is 2.33. The zero-order valence-electron chi connectivity index (χ0n) is 9.46. The SMILES string of the molecule is CC(N)c1nnc(N2CCC(CO)CC2)o1. The molecule has 1 aliphatic heterocycles. The molecule has 2 rings (SSSR count). The Labute approximate surface area is 94.4 Å². The molecule has 0 amide bonds. The first-order valence-corrected chi connectivity index (χ1v) is 5.65. The van der Waals surface area contributed by atoms with E-state index in [0.717, 1.165) is 25.9 Å². The monoisotopic (exact) mass is 226 g/mol. The van der Waals surface area contributed by atoms with Crippen molar-refractivity contribution in [1.82, 2.24) is 10.2 Å². The first-order valence-electron chi connectivity index (χ1n) is 5.65. The molecule has 1 unspecified atom stereocenters. The molecule has 0 aromatic carbocycles. The minimum absolute atomic E-state index is 0.226. The Morgan fingerprint density at radius 2 is 2.19 bits per heavy atom. The van der Waals surface area contributed by atoms with Crippen molar-refractivity contribution in [2.45, 2.75) is 25.8 Å². The summed E-state index contributed by atoms with van der Waals surface area (Å²) in [6.07, 6.45) is 1.93. The van der Waals surface area contributed by atoms with Gasteiger partial charge in [-0.2, -0.15) is 0 Å². The highest BCUT2D eigenvalue weighted by atomic mass is 16.4. The van der Waals surface area contributed by atoms with Crippen LogP contribution < -0.4 is 10.6 Å². The number of nitrogens with two attached hydrogens (primary N) is 1. The van der Waals surface area contributed by atoms with Crippen molar-refractivity contribution in [1.29, 1.82) is 0 Å². The van der Waals surface area contributed by atoms with Crippen LogP contribution in [0.15, 0.2) is 4.42 Å². The van der Waals surface area contributed by atoms with E-state index in [-0.39, 0.29) is 12.6 Å². The van der Waals surface area contributed by atoms with E-state index in [2.05, 4.69) is 10.2 Å². The van der Waals surface area contributed by atoms with Crippen LogP contribution in [0.5, 0.6) is 0 Å². The van der Waals surface area contributed by atoms with E-state index < -0.39 is 0 Å². The molecule has 90 valence electrons. The molecule has 1 aliphatic rings. The summed E-state index contributed by atoms with van der Waals surface area (Å²) in [7, 11) is 0. The Kier molecular flexibility index (Phi) is 3.40. The number of piperidine rings is 1. The molecule has 0 saturated carbocycles. The summed E-state index contributed by atoms with van der Waals surface area (Å²) in [5.41, 5.74) is 5.65. The Morgan fingerprint density at radius 1 is 1.50 bits per heavy atom. The third-order valence-corrected chi connectivity index (χ3v) is 2.96. The lowest BCUT2D eigenvalue weighted by atomic mass is 9.98. The fourth-order valence-corrected chi connectivity index (χ4v) is 1.85. The van der Waals surface area contributed by atoms with Gasteiger partial charge >= 0.3 is 6.01 Å². The zero-order valence-corrected chi connectivity index (χ0v) is 9.46. The van der Waals surface area contributed by atoms with E-state index in [1.807, 2.05) is 11.8 Å². The van der Waals surface area contributed by atoms with Crippen molar-refractivity contribution in [2.24, 2.45) is 11.7 Å². The standard InChI is InChI=1S/C10H18N4O2/c1-7(11)9-12-13-10(16-9)14-4-2-8(6-15)3-5-14/h7-8,15H,2-6,11H2,1H3. The van der Waals surface area contributed by atoms with Gasteiger partial charge in [0.25, 0.3) is 0 Å². The van der Waals surface area contributed by atoms with Gasteiger partial charge in [0.15, 0.2) is 0 Å². The Balaban J connectivity index is 1.97. The van der Waals surface area contributed by atoms with E-state index in [0.29, 0.717) is 17.8 Å². The number of nitrogens with zero attached hydrogens (tertiary/aromatic N) is 3. The molecule has 1 aromatic rings. The maximum absolute atomic E-state index is 9.04. The summed E-state index contributed by atoms with van der Waals surface area (Å²) in [6, 6.07) is 0.319. The van der Waals surface area contributed by atoms with Gasteiger partial charge in [0.2, 0.25) is 5.89 Å². The van der Waals surface area contributed by atoms with Crippen LogP contribution in [0.25, 0.3) is 0 Å². The van der Waals surface area contributed by atoms with Crippen molar-refractivity contribution in [3.05, 3.63) is 5.89 Å². The first-order chi connectivity index (χ1) is 7.70. The molecule has 0 bridgehead atoms. The van der Waals surface area contributed by atoms with Gasteiger partial charge in [-0.25, -0.2) is 0 Å². The van der Waals surface area contributed by atoms with E-state index in [1.165, 1.54) is 0 Å². The van der Waals surface area contributed by atoms with Gasteiger partial charge in [0.05, 0.1) is 6.04 Å². The van der Waals surface area contributed by atoms with Crippen LogP contribution in [0.2, 0.25) is 0 Å². The molecule has 1 saturated heterocycles. The molecule has 1 atom stereocenters. The van der Waals surface area contributed by atoms with Gasteiger partial charge < -0.3 is 20.2 Å². The van der Waals surface area contributed by atoms with Gasteiger partial charge in [-0.05, 0) is 25.7 Å². The van der Waals surface area contributed by atoms with Crippen molar-refractivity contribution in [3.8, 4) is 0 Å². The topological polar surface area (TPSA) is 88.4 Å². The molecular formula is C10H18N4O2. The highest BCUT2D eigenvalue weighted by Crippen LogP contribution is 2.22. The fourth-order valence-electron chi connectivity index (χ4n) is 1.85. The summed E-state index contributed by atoms with van der Waals surface area (Å²) >= 11 is 0. The van der Waals surface area contributed by atoms with Gasteiger partial charge in [0, 0.05) is 19.7 Å². The number of hydrogen-bond donors (Lipinski definition) is 2. The largest absolute Gasteiger partial charge is 0.406 e. The molecule has 6 nitrogen and oxygen atoms in total. The zero-order chi connectivity index (χ0) is 11.5. The number of aliphatic hydroxyl groups is 1. The second-order valence-electron chi connectivity index (χ2n) is 4.32. The summed E-state index contributed by atoms with van der Waals surface area (Å²) in [4.78, 5) is 2.05. The molecule has 16 heavy (non-hydrogen) atoms. The van der Waals surface area contributed by atoms with Crippen LogP contribution in [-0.2, 0) is 0 Å². The van der Waals surface area contributed by atoms with Crippen LogP contribution in [0.4, 0.5) is 6.01 Å². The second-order valence-corrected chi connectivity index (χ2v) is 4.32. The number of aromatic nitrogens is 2. The van der Waals surface area contributed by atoms with Gasteiger partial charge in [0.1, 0.15) is 0 Å². The maximum Gasteiger partial charge on any atom is 0.318 e. The maximum atomic E-state index is 9.04. The number of hydrogen-bond acceptors (Lipinski definition) is 6. The molecule has 0 aliphatic carbocycles. The minimum Gasteiger partial charge on any atom is -0.406 e. The lowest BCUT2D eigenvalue weighted by Gasteiger charge is -2.29. The molecule has 2 heterocycles. The van der Waals surface area contributed by atoms with Crippen LogP contribution in [0.3, 0.4) is 0 Å². The van der Waals surface area contributed by atoms with Crippen LogP contribution in [0, 0.1) is 5.92 Å². The predicted octanol–water partition coefficient (Wildman–Crippen LogP) is 0.298. The van der Waals surface area contributed by atoms with E-state index in [9.17, 15) is 0 Å². The minimum atomic E-state index is -0.226. The molecule has 1 fully saturated rings. The van der Waals surface area contributed by atoms with Crippen molar-refractivity contribution >= 4 is 6.01 Å². The molecule has 0 radical (unpaired) electrons. The summed E-state index contributed by atoms with van der Waals surface area (Å²) < 4.78 is 5.47. The van der Waals surface area contributed by atoms with Crippen molar-refractivity contribution < 1.29 is 9.52 Å². The fraction of sp³-hybridized carbons (Fsp3) is 0.800. The van der Waals surface area contributed by atoms with E-state index >= 15 is 0 Å². The Hall–Kier alpha value is -1.14. The average Bonchev–Trinajstić information content (AvgIpc) is 2.78. The third-order valence-electron chi connectivity index (χ3n) is 2.96. The number of aliphatic hydroxyl groups excluding tert-OH is 1. The van der Waals surface area contributed by atoms with Crippen LogP contribution >= 0.6 is 0 Å². The van der Waals surface area contributed by atoms with Crippen molar-refractivity contribution in [3.63, 3.8) is 0 Å². The van der Waals surface area contributed by atoms with Gasteiger partial charge in [-0.15, -0.1) is 5.10 Å². The Bertz CT molecular complexity index is 331. The van der Waals surface area contributed by atoms with Crippen LogP contribution in [0.1, 0.15) is 31.7 Å². The van der Waals surface area contributed by atoms with Crippen LogP contribution in [-0.4, -0.2) is 35.0 Å². The van der Waals surface area contributed by atoms with Crippen molar-refractivity contribution in [2.75, 3.05) is 24.6 Å². The Morgan fingerprint density at radius 3 is 2.69 bits per heavy atom. The normalized spacial score (nSPS) is 20.1. The summed E-state index contributed by atoms with van der Waals surface area (Å²) in [6.45, 7) is 3.79. The molecule has 3 N–H and O–H groups in total. The van der Waals surface area contributed by atoms with E-state index in [4.69, 9.17) is 15.3 Å². The number of anilines is 1.